The average Bonchev–Trinajstić information content (AvgIpc) is 2.42. The van der Waals surface area contributed by atoms with E-state index in [0.29, 0.717) is 23.2 Å². The fraction of sp³-hybridized carbons (Fsp3) is 0.895. The quantitative estimate of drug-likeness (QED) is 0.719. The van der Waals surface area contributed by atoms with Gasteiger partial charge in [0.2, 0.25) is 0 Å². The van der Waals surface area contributed by atoms with Crippen molar-refractivity contribution in [2.45, 2.75) is 77.4 Å². The number of rotatable bonds is 1. The van der Waals surface area contributed by atoms with Crippen molar-refractivity contribution in [1.82, 2.24) is 0 Å². The number of fused-ring (bicyclic) bond motifs is 3. The molecule has 2 heteroatoms. The molecule has 0 radical (unpaired) electrons. The van der Waals surface area contributed by atoms with Gasteiger partial charge < -0.3 is 10.2 Å². The maximum Gasteiger partial charge on any atom is 0.109 e. The van der Waals surface area contributed by atoms with E-state index in [0.717, 1.165) is 18.8 Å². The third kappa shape index (κ3) is 2.13. The first-order valence-electron chi connectivity index (χ1n) is 8.79. The van der Waals surface area contributed by atoms with Gasteiger partial charge in [0.25, 0.3) is 0 Å². The molecule has 0 aromatic heterocycles. The lowest BCUT2D eigenvalue weighted by molar-refractivity contribution is -0.184. The predicted octanol–water partition coefficient (Wildman–Crippen LogP) is 3.92. The van der Waals surface area contributed by atoms with Crippen LogP contribution in [0.1, 0.15) is 65.7 Å². The van der Waals surface area contributed by atoms with Gasteiger partial charge in [-0.05, 0) is 67.1 Å². The third-order valence-corrected chi connectivity index (χ3v) is 7.56. The van der Waals surface area contributed by atoms with Crippen LogP contribution in [0.3, 0.4) is 0 Å². The summed E-state index contributed by atoms with van der Waals surface area (Å²) in [6.07, 6.45) is 8.86. The molecule has 0 amide bonds. The van der Waals surface area contributed by atoms with Crippen LogP contribution in [0.2, 0.25) is 0 Å². The molecule has 120 valence electrons. The highest BCUT2D eigenvalue weighted by Gasteiger charge is 2.59. The summed E-state index contributed by atoms with van der Waals surface area (Å²) in [5.74, 6) is 1.57. The molecular weight excluding hydrogens is 260 g/mol. The molecule has 0 spiro atoms. The van der Waals surface area contributed by atoms with E-state index >= 15 is 0 Å². The Hall–Kier alpha value is -0.340. The minimum absolute atomic E-state index is 0.247. The van der Waals surface area contributed by atoms with Gasteiger partial charge in [0.15, 0.2) is 0 Å². The van der Waals surface area contributed by atoms with Crippen LogP contribution in [0.25, 0.3) is 0 Å². The topological polar surface area (TPSA) is 40.5 Å². The Labute approximate surface area is 129 Å². The Kier molecular flexibility index (Phi) is 3.57. The Morgan fingerprint density at radius 3 is 2.43 bits per heavy atom. The summed E-state index contributed by atoms with van der Waals surface area (Å²) >= 11 is 0. The van der Waals surface area contributed by atoms with Gasteiger partial charge in [0.1, 0.15) is 5.60 Å². The maximum atomic E-state index is 10.7. The molecule has 0 aromatic carbocycles. The van der Waals surface area contributed by atoms with E-state index in [2.05, 4.69) is 27.4 Å². The van der Waals surface area contributed by atoms with E-state index in [-0.39, 0.29) is 5.92 Å². The predicted molar refractivity (Wildman–Crippen MR) is 85.8 cm³/mol. The second kappa shape index (κ2) is 4.83. The number of hydrogen-bond acceptors (Lipinski definition) is 2. The second-order valence-corrected chi connectivity index (χ2v) is 8.93. The summed E-state index contributed by atoms with van der Waals surface area (Å²) in [7, 11) is 0. The summed E-state index contributed by atoms with van der Waals surface area (Å²) in [5.41, 5.74) is -0.294. The van der Waals surface area contributed by atoms with Crippen LogP contribution in [0.15, 0.2) is 12.7 Å². The van der Waals surface area contributed by atoms with Gasteiger partial charge in [0.05, 0.1) is 6.10 Å². The molecule has 0 bridgehead atoms. The largest absolute Gasteiger partial charge is 0.389 e. The highest BCUT2D eigenvalue weighted by Crippen LogP contribution is 2.64. The van der Waals surface area contributed by atoms with Crippen LogP contribution in [0.5, 0.6) is 0 Å². The van der Waals surface area contributed by atoms with E-state index < -0.39 is 11.7 Å². The highest BCUT2D eigenvalue weighted by molar-refractivity contribution is 5.13. The van der Waals surface area contributed by atoms with E-state index in [4.69, 9.17) is 0 Å². The van der Waals surface area contributed by atoms with Gasteiger partial charge in [-0.2, -0.15) is 0 Å². The summed E-state index contributed by atoms with van der Waals surface area (Å²) in [6.45, 7) is 11.1. The van der Waals surface area contributed by atoms with E-state index in [1.165, 1.54) is 25.7 Å². The van der Waals surface area contributed by atoms with Gasteiger partial charge in [-0.15, -0.1) is 6.58 Å². The normalized spacial score (nSPS) is 52.6. The van der Waals surface area contributed by atoms with Crippen LogP contribution in [0, 0.1) is 28.6 Å². The van der Waals surface area contributed by atoms with Crippen molar-refractivity contribution in [2.24, 2.45) is 28.6 Å². The van der Waals surface area contributed by atoms with Crippen molar-refractivity contribution in [3.05, 3.63) is 12.7 Å². The Balaban J connectivity index is 1.92. The van der Waals surface area contributed by atoms with Crippen molar-refractivity contribution in [2.75, 3.05) is 0 Å². The minimum atomic E-state index is -1.06. The van der Waals surface area contributed by atoms with Crippen molar-refractivity contribution in [3.8, 4) is 0 Å². The fourth-order valence-electron chi connectivity index (χ4n) is 6.43. The first-order chi connectivity index (χ1) is 9.74. The van der Waals surface area contributed by atoms with Crippen molar-refractivity contribution < 1.29 is 10.2 Å². The lowest BCUT2D eigenvalue weighted by Gasteiger charge is -2.62. The SMILES string of the molecule is C=C[C@]1(O)CC[C@H]2[C@H](CC[C@H]3C(C)(C)CCC[C@]23C)[C@H]1O. The van der Waals surface area contributed by atoms with Crippen LogP contribution < -0.4 is 0 Å². The zero-order valence-electron chi connectivity index (χ0n) is 13.9. The van der Waals surface area contributed by atoms with Crippen LogP contribution in [-0.4, -0.2) is 21.9 Å². The highest BCUT2D eigenvalue weighted by atomic mass is 16.3. The molecule has 3 aliphatic rings. The van der Waals surface area contributed by atoms with Crippen molar-refractivity contribution in [1.29, 1.82) is 0 Å². The molecular formula is C19H32O2. The molecule has 2 nitrogen and oxygen atoms in total. The zero-order valence-corrected chi connectivity index (χ0v) is 13.9. The van der Waals surface area contributed by atoms with Gasteiger partial charge in [-0.25, -0.2) is 0 Å². The van der Waals surface area contributed by atoms with Crippen LogP contribution in [0.4, 0.5) is 0 Å². The Morgan fingerprint density at radius 2 is 1.76 bits per heavy atom. The summed E-state index contributed by atoms with van der Waals surface area (Å²) in [5, 5.41) is 21.3. The van der Waals surface area contributed by atoms with E-state index in [1.807, 2.05) is 0 Å². The van der Waals surface area contributed by atoms with Gasteiger partial charge in [-0.1, -0.05) is 33.3 Å². The number of aliphatic hydroxyl groups is 2. The molecule has 0 saturated heterocycles. The second-order valence-electron chi connectivity index (χ2n) is 8.93. The third-order valence-electron chi connectivity index (χ3n) is 7.56. The first kappa shape index (κ1) is 15.6. The standard InChI is InChI=1S/C19H32O2/c1-5-19(21)12-9-14-13(16(19)20)7-8-15-17(2,3)10-6-11-18(14,15)4/h5,13-16,20-21H,1,6-12H2,2-4H3/t13-,14-,15-,16+,18+,19-/m0/s1. The number of hydrogen-bond donors (Lipinski definition) is 2. The summed E-state index contributed by atoms with van der Waals surface area (Å²) < 4.78 is 0. The van der Waals surface area contributed by atoms with Gasteiger partial charge >= 0.3 is 0 Å². The van der Waals surface area contributed by atoms with Crippen molar-refractivity contribution in [3.63, 3.8) is 0 Å². The molecule has 0 unspecified atom stereocenters. The molecule has 0 heterocycles. The fourth-order valence-corrected chi connectivity index (χ4v) is 6.43. The summed E-state index contributed by atoms with van der Waals surface area (Å²) in [4.78, 5) is 0. The summed E-state index contributed by atoms with van der Waals surface area (Å²) in [6, 6.07) is 0. The van der Waals surface area contributed by atoms with Crippen LogP contribution in [-0.2, 0) is 0 Å². The Morgan fingerprint density at radius 1 is 1.05 bits per heavy atom. The monoisotopic (exact) mass is 292 g/mol. The molecule has 3 rings (SSSR count). The average molecular weight is 292 g/mol. The van der Waals surface area contributed by atoms with E-state index in [9.17, 15) is 10.2 Å². The minimum Gasteiger partial charge on any atom is -0.389 e. The smallest absolute Gasteiger partial charge is 0.109 e. The number of aliphatic hydroxyl groups excluding tert-OH is 1. The first-order valence-corrected chi connectivity index (χ1v) is 8.79. The zero-order chi connectivity index (χ0) is 15.5. The molecule has 3 saturated carbocycles. The molecule has 0 aliphatic heterocycles. The lowest BCUT2D eigenvalue weighted by Crippen LogP contribution is -2.60. The maximum absolute atomic E-state index is 10.7. The van der Waals surface area contributed by atoms with E-state index in [1.54, 1.807) is 6.08 Å². The van der Waals surface area contributed by atoms with Gasteiger partial charge in [0, 0.05) is 0 Å². The molecule has 0 aromatic rings. The molecule has 3 fully saturated rings. The van der Waals surface area contributed by atoms with Crippen molar-refractivity contribution >= 4 is 0 Å². The molecule has 21 heavy (non-hydrogen) atoms. The molecule has 2 N–H and O–H groups in total. The molecule has 3 aliphatic carbocycles. The lowest BCUT2D eigenvalue weighted by atomic mass is 9.43. The van der Waals surface area contributed by atoms with Crippen LogP contribution >= 0.6 is 0 Å². The van der Waals surface area contributed by atoms with Gasteiger partial charge in [-0.3, -0.25) is 0 Å². The Bertz CT molecular complexity index is 429. The molecule has 6 atom stereocenters.